The Morgan fingerprint density at radius 2 is 2.20 bits per heavy atom. The lowest BCUT2D eigenvalue weighted by Gasteiger charge is -2.09. The summed E-state index contributed by atoms with van der Waals surface area (Å²) in [5.41, 5.74) is 0. The summed E-state index contributed by atoms with van der Waals surface area (Å²) in [5, 5.41) is 8.76. The summed E-state index contributed by atoms with van der Waals surface area (Å²) in [4.78, 5) is 0. The van der Waals surface area contributed by atoms with Gasteiger partial charge in [-0.25, -0.2) is 0 Å². The van der Waals surface area contributed by atoms with Gasteiger partial charge in [-0.2, -0.15) is 11.8 Å². The monoisotopic (exact) mass is 229 g/mol. The molecule has 0 aliphatic carbocycles. The number of aryl methyl sites for hydroxylation is 1. The maximum Gasteiger partial charge on any atom is 0.142 e. The van der Waals surface area contributed by atoms with E-state index in [1.165, 1.54) is 0 Å². The molecule has 1 rings (SSSR count). The lowest BCUT2D eigenvalue weighted by Crippen LogP contribution is -2.04. The van der Waals surface area contributed by atoms with Crippen molar-refractivity contribution in [3.63, 3.8) is 0 Å². The van der Waals surface area contributed by atoms with E-state index in [-0.39, 0.29) is 0 Å². The second kappa shape index (κ2) is 6.12. The average Bonchev–Trinajstić information content (AvgIpc) is 2.54. The first-order valence-electron chi connectivity index (χ1n) is 5.10. The van der Waals surface area contributed by atoms with Crippen LogP contribution in [-0.2, 0) is 17.5 Å². The molecule has 0 fully saturated rings. The van der Waals surface area contributed by atoms with E-state index in [9.17, 15) is 0 Å². The van der Waals surface area contributed by atoms with E-state index in [2.05, 4.69) is 17.1 Å². The third-order valence-corrected chi connectivity index (χ3v) is 3.64. The molecule has 0 amide bonds. The van der Waals surface area contributed by atoms with E-state index in [1.807, 2.05) is 30.3 Å². The maximum absolute atomic E-state index is 5.05. The lowest BCUT2D eigenvalue weighted by atomic mass is 10.3. The van der Waals surface area contributed by atoms with Crippen LogP contribution in [0.15, 0.2) is 0 Å². The zero-order valence-electron chi connectivity index (χ0n) is 9.86. The maximum atomic E-state index is 5.05. The Kier molecular flexibility index (Phi) is 5.11. The van der Waals surface area contributed by atoms with Gasteiger partial charge in [0, 0.05) is 26.0 Å². The van der Waals surface area contributed by atoms with Crippen LogP contribution in [-0.4, -0.2) is 33.7 Å². The van der Waals surface area contributed by atoms with Gasteiger partial charge in [-0.15, -0.1) is 10.2 Å². The minimum atomic E-state index is 0.599. The topological polar surface area (TPSA) is 39.9 Å². The Bertz CT molecular complexity index is 301. The van der Waals surface area contributed by atoms with Crippen LogP contribution in [0.4, 0.5) is 0 Å². The molecule has 4 nitrogen and oxygen atoms in total. The molecule has 0 radical (unpaired) electrons. The molecule has 15 heavy (non-hydrogen) atoms. The molecule has 0 N–H and O–H groups in total. The number of nitrogens with zero attached hydrogens (tertiary/aromatic N) is 3. The Morgan fingerprint density at radius 1 is 1.47 bits per heavy atom. The van der Waals surface area contributed by atoms with Gasteiger partial charge in [0.05, 0.1) is 5.75 Å². The highest BCUT2D eigenvalue weighted by molar-refractivity contribution is 7.99. The summed E-state index contributed by atoms with van der Waals surface area (Å²) in [6.07, 6.45) is 1.08. The van der Waals surface area contributed by atoms with Crippen molar-refractivity contribution in [3.8, 4) is 0 Å². The molecule has 0 aromatic carbocycles. The van der Waals surface area contributed by atoms with E-state index in [0.717, 1.165) is 30.4 Å². The first-order valence-corrected chi connectivity index (χ1v) is 6.15. The fraction of sp³-hybridized carbons (Fsp3) is 0.800. The van der Waals surface area contributed by atoms with Crippen molar-refractivity contribution >= 4 is 11.8 Å². The van der Waals surface area contributed by atoms with Gasteiger partial charge >= 0.3 is 0 Å². The number of hydrogen-bond acceptors (Lipinski definition) is 4. The van der Waals surface area contributed by atoms with Crippen LogP contribution in [0.1, 0.15) is 25.0 Å². The van der Waals surface area contributed by atoms with Crippen LogP contribution >= 0.6 is 11.8 Å². The van der Waals surface area contributed by atoms with Crippen LogP contribution in [0.5, 0.6) is 0 Å². The van der Waals surface area contributed by atoms with Gasteiger partial charge in [-0.05, 0) is 13.3 Å². The largest absolute Gasteiger partial charge is 0.385 e. The molecule has 1 atom stereocenters. The molecule has 5 heteroatoms. The van der Waals surface area contributed by atoms with Crippen molar-refractivity contribution in [3.05, 3.63) is 11.6 Å². The molecule has 0 saturated heterocycles. The first kappa shape index (κ1) is 12.5. The quantitative estimate of drug-likeness (QED) is 0.745. The number of aromatic nitrogens is 3. The number of hydrogen-bond donors (Lipinski definition) is 0. The normalized spacial score (nSPS) is 13.1. The standard InChI is InChI=1S/C10H19N3OS/c1-8(5-6-14-4)15-7-10-12-11-9(2)13(10)3/h8H,5-7H2,1-4H3/t8-/m0/s1. The lowest BCUT2D eigenvalue weighted by molar-refractivity contribution is 0.195. The zero-order valence-corrected chi connectivity index (χ0v) is 10.7. The molecule has 0 aliphatic rings. The summed E-state index contributed by atoms with van der Waals surface area (Å²) in [6.45, 7) is 5.01. The van der Waals surface area contributed by atoms with Gasteiger partial charge in [0.2, 0.25) is 0 Å². The highest BCUT2D eigenvalue weighted by Crippen LogP contribution is 2.18. The molecule has 0 aliphatic heterocycles. The number of thioether (sulfide) groups is 1. The minimum Gasteiger partial charge on any atom is -0.385 e. The summed E-state index contributed by atoms with van der Waals surface area (Å²) in [7, 11) is 3.74. The van der Waals surface area contributed by atoms with Crippen LogP contribution in [0.25, 0.3) is 0 Å². The Morgan fingerprint density at radius 3 is 2.73 bits per heavy atom. The minimum absolute atomic E-state index is 0.599. The summed E-state index contributed by atoms with van der Waals surface area (Å²) >= 11 is 1.89. The van der Waals surface area contributed by atoms with Crippen molar-refractivity contribution in [2.45, 2.75) is 31.3 Å². The van der Waals surface area contributed by atoms with E-state index in [0.29, 0.717) is 5.25 Å². The van der Waals surface area contributed by atoms with Crippen LogP contribution in [0, 0.1) is 6.92 Å². The highest BCUT2D eigenvalue weighted by Gasteiger charge is 2.08. The summed E-state index contributed by atoms with van der Waals surface area (Å²) in [6, 6.07) is 0. The fourth-order valence-electron chi connectivity index (χ4n) is 1.16. The molecule has 0 bridgehead atoms. The predicted octanol–water partition coefficient (Wildman–Crippen LogP) is 1.78. The van der Waals surface area contributed by atoms with Gasteiger partial charge in [-0.3, -0.25) is 0 Å². The third kappa shape index (κ3) is 3.83. The second-order valence-corrected chi connectivity index (χ2v) is 5.05. The second-order valence-electron chi connectivity index (χ2n) is 3.63. The molecular formula is C10H19N3OS. The fourth-order valence-corrected chi connectivity index (χ4v) is 2.11. The molecule has 0 unspecified atom stereocenters. The van der Waals surface area contributed by atoms with Crippen LogP contribution in [0.2, 0.25) is 0 Å². The highest BCUT2D eigenvalue weighted by atomic mass is 32.2. The van der Waals surface area contributed by atoms with Gasteiger partial charge < -0.3 is 9.30 Å². The Labute approximate surface area is 95.4 Å². The Hall–Kier alpha value is -0.550. The van der Waals surface area contributed by atoms with Crippen LogP contribution in [0.3, 0.4) is 0 Å². The number of rotatable bonds is 6. The molecule has 1 heterocycles. The van der Waals surface area contributed by atoms with Crippen molar-refractivity contribution in [1.29, 1.82) is 0 Å². The molecule has 0 spiro atoms. The van der Waals surface area contributed by atoms with Crippen LogP contribution < -0.4 is 0 Å². The Balaban J connectivity index is 2.33. The molecule has 1 aromatic rings. The average molecular weight is 229 g/mol. The van der Waals surface area contributed by atoms with Crippen molar-refractivity contribution in [2.75, 3.05) is 13.7 Å². The van der Waals surface area contributed by atoms with E-state index >= 15 is 0 Å². The van der Waals surface area contributed by atoms with Gasteiger partial charge in [-0.1, -0.05) is 6.92 Å². The molecule has 0 saturated carbocycles. The molecule has 1 aromatic heterocycles. The third-order valence-electron chi connectivity index (χ3n) is 2.41. The van der Waals surface area contributed by atoms with Gasteiger partial charge in [0.1, 0.15) is 11.6 Å². The smallest absolute Gasteiger partial charge is 0.142 e. The van der Waals surface area contributed by atoms with E-state index in [4.69, 9.17) is 4.74 Å². The van der Waals surface area contributed by atoms with Crippen molar-refractivity contribution < 1.29 is 4.74 Å². The predicted molar refractivity (Wildman–Crippen MR) is 63.0 cm³/mol. The van der Waals surface area contributed by atoms with Gasteiger partial charge in [0.15, 0.2) is 0 Å². The molecule has 86 valence electrons. The van der Waals surface area contributed by atoms with E-state index < -0.39 is 0 Å². The number of ether oxygens (including phenoxy) is 1. The zero-order chi connectivity index (χ0) is 11.3. The van der Waals surface area contributed by atoms with Gasteiger partial charge in [0.25, 0.3) is 0 Å². The van der Waals surface area contributed by atoms with Crippen molar-refractivity contribution in [1.82, 2.24) is 14.8 Å². The number of methoxy groups -OCH3 is 1. The summed E-state index contributed by atoms with van der Waals surface area (Å²) < 4.78 is 7.08. The van der Waals surface area contributed by atoms with E-state index in [1.54, 1.807) is 7.11 Å². The first-order chi connectivity index (χ1) is 7.15. The summed E-state index contributed by atoms with van der Waals surface area (Å²) in [5.74, 6) is 2.93. The molecular weight excluding hydrogens is 210 g/mol. The van der Waals surface area contributed by atoms with Crippen molar-refractivity contribution in [2.24, 2.45) is 7.05 Å². The SMILES string of the molecule is COCC[C@H](C)SCc1nnc(C)n1C.